The van der Waals surface area contributed by atoms with Crippen molar-refractivity contribution in [3.8, 4) is 17.5 Å². The van der Waals surface area contributed by atoms with Gasteiger partial charge in [-0.3, -0.25) is 4.79 Å². The number of thioether (sulfide) groups is 1. The van der Waals surface area contributed by atoms with Crippen LogP contribution in [0.5, 0.6) is 0 Å². The highest BCUT2D eigenvalue weighted by Gasteiger charge is 2.23. The van der Waals surface area contributed by atoms with E-state index in [1.807, 2.05) is 34.9 Å². The van der Waals surface area contributed by atoms with E-state index in [4.69, 9.17) is 5.26 Å². The Morgan fingerprint density at radius 2 is 1.94 bits per heavy atom. The molecule has 4 rings (SSSR count). The summed E-state index contributed by atoms with van der Waals surface area (Å²) < 4.78 is 16.4. The molecule has 1 amide bonds. The summed E-state index contributed by atoms with van der Waals surface area (Å²) in [4.78, 5) is 12.8. The molecule has 0 bridgehead atoms. The number of nitrogens with zero attached hydrogens (tertiary/aromatic N) is 4. The number of carbonyl (C=O) groups is 1. The molecule has 0 saturated heterocycles. The van der Waals surface area contributed by atoms with E-state index in [2.05, 4.69) is 21.6 Å². The van der Waals surface area contributed by atoms with Gasteiger partial charge in [-0.05, 0) is 42.5 Å². The largest absolute Gasteiger partial charge is 0.316 e. The molecule has 0 saturated carbocycles. The lowest BCUT2D eigenvalue weighted by atomic mass is 10.1. The minimum absolute atomic E-state index is 0.246. The molecule has 0 aliphatic rings. The zero-order valence-electron chi connectivity index (χ0n) is 17.7. The predicted molar refractivity (Wildman–Crippen MR) is 129 cm³/mol. The number of hydrogen-bond acceptors (Lipinski definition) is 6. The topological polar surface area (TPSA) is 83.6 Å². The summed E-state index contributed by atoms with van der Waals surface area (Å²) in [5, 5.41) is 22.8. The maximum absolute atomic E-state index is 14.5. The second-order valence-electron chi connectivity index (χ2n) is 7.20. The van der Waals surface area contributed by atoms with Crippen molar-refractivity contribution >= 4 is 34.0 Å². The third-order valence-corrected chi connectivity index (χ3v) is 6.88. The molecule has 0 aliphatic carbocycles. The van der Waals surface area contributed by atoms with Crippen molar-refractivity contribution in [2.45, 2.75) is 30.3 Å². The van der Waals surface area contributed by atoms with Crippen molar-refractivity contribution in [1.29, 1.82) is 5.26 Å². The third kappa shape index (κ3) is 5.30. The fraction of sp³-hybridized carbons (Fsp3) is 0.167. The highest BCUT2D eigenvalue weighted by Crippen LogP contribution is 2.30. The van der Waals surface area contributed by atoms with E-state index in [-0.39, 0.29) is 11.7 Å². The van der Waals surface area contributed by atoms with Crippen molar-refractivity contribution in [1.82, 2.24) is 14.8 Å². The highest BCUT2D eigenvalue weighted by molar-refractivity contribution is 8.00. The van der Waals surface area contributed by atoms with Gasteiger partial charge in [0.15, 0.2) is 11.0 Å². The van der Waals surface area contributed by atoms with Crippen LogP contribution in [0, 0.1) is 17.1 Å². The summed E-state index contributed by atoms with van der Waals surface area (Å²) in [6.45, 7) is 2.29. The molecule has 0 unspecified atom stereocenters. The Kier molecular flexibility index (Phi) is 7.17. The van der Waals surface area contributed by atoms with E-state index in [0.717, 1.165) is 5.56 Å². The van der Waals surface area contributed by atoms with Gasteiger partial charge in [0.05, 0.1) is 16.4 Å². The zero-order valence-corrected chi connectivity index (χ0v) is 19.4. The van der Waals surface area contributed by atoms with Crippen LogP contribution in [-0.2, 0) is 17.8 Å². The number of benzene rings is 2. The smallest absolute Gasteiger partial charge is 0.238 e. The molecular weight excluding hydrogens is 457 g/mol. The molecule has 0 fully saturated rings. The lowest BCUT2D eigenvalue weighted by molar-refractivity contribution is -0.115. The first-order valence-electron chi connectivity index (χ1n) is 10.2. The van der Waals surface area contributed by atoms with Crippen LogP contribution in [0.3, 0.4) is 0 Å². The molecule has 4 aromatic rings. The van der Waals surface area contributed by atoms with Crippen LogP contribution >= 0.6 is 23.1 Å². The first-order valence-corrected chi connectivity index (χ1v) is 12.0. The van der Waals surface area contributed by atoms with Gasteiger partial charge in [-0.1, -0.05) is 54.2 Å². The molecule has 9 heteroatoms. The number of hydrogen-bond donors (Lipinski definition) is 1. The number of nitrogens with one attached hydrogen (secondary N) is 1. The fourth-order valence-corrected chi connectivity index (χ4v) is 4.84. The fourth-order valence-electron chi connectivity index (χ4n) is 3.22. The van der Waals surface area contributed by atoms with Gasteiger partial charge in [-0.25, -0.2) is 4.39 Å². The predicted octanol–water partition coefficient (Wildman–Crippen LogP) is 5.38. The molecule has 166 valence electrons. The minimum atomic E-state index is -0.508. The highest BCUT2D eigenvalue weighted by atomic mass is 32.2. The maximum atomic E-state index is 14.5. The van der Waals surface area contributed by atoms with Crippen LogP contribution < -0.4 is 5.32 Å². The first kappa shape index (κ1) is 22.7. The number of nitriles is 1. The molecule has 1 N–H and O–H groups in total. The second kappa shape index (κ2) is 10.4. The van der Waals surface area contributed by atoms with Crippen LogP contribution in [0.1, 0.15) is 18.1 Å². The number of thiophene rings is 1. The normalized spacial score (nSPS) is 11.7. The van der Waals surface area contributed by atoms with E-state index in [1.165, 1.54) is 29.2 Å². The number of halogens is 1. The average Bonchev–Trinajstić information content (AvgIpc) is 3.45. The number of aryl methyl sites for hydroxylation is 1. The van der Waals surface area contributed by atoms with Crippen molar-refractivity contribution in [3.05, 3.63) is 83.0 Å². The molecule has 0 radical (unpaired) electrons. The maximum Gasteiger partial charge on any atom is 0.238 e. The first-order chi connectivity index (χ1) is 16.1. The summed E-state index contributed by atoms with van der Waals surface area (Å²) in [5.41, 5.74) is 1.92. The van der Waals surface area contributed by atoms with Crippen molar-refractivity contribution < 1.29 is 9.18 Å². The molecule has 1 atom stereocenters. The third-order valence-electron chi connectivity index (χ3n) is 4.97. The van der Waals surface area contributed by atoms with Crippen LogP contribution in [0.4, 0.5) is 9.39 Å². The number of anilines is 1. The monoisotopic (exact) mass is 477 g/mol. The number of amides is 1. The lowest BCUT2D eigenvalue weighted by Gasteiger charge is -2.14. The number of rotatable bonds is 8. The second-order valence-corrected chi connectivity index (χ2v) is 9.42. The van der Waals surface area contributed by atoms with Gasteiger partial charge in [0.25, 0.3) is 0 Å². The summed E-state index contributed by atoms with van der Waals surface area (Å²) in [6.07, 6.45) is 0.704. The summed E-state index contributed by atoms with van der Waals surface area (Å²) >= 11 is 2.55. The summed E-state index contributed by atoms with van der Waals surface area (Å²) in [7, 11) is 0. The molecule has 2 aromatic carbocycles. The Labute approximate surface area is 199 Å². The molecular formula is C24H20FN5OS2. The van der Waals surface area contributed by atoms with Crippen molar-refractivity contribution in [2.24, 2.45) is 0 Å². The van der Waals surface area contributed by atoms with Crippen molar-refractivity contribution in [2.75, 3.05) is 5.32 Å². The van der Waals surface area contributed by atoms with Crippen LogP contribution in [0.2, 0.25) is 0 Å². The van der Waals surface area contributed by atoms with Crippen LogP contribution in [0.15, 0.2) is 71.2 Å². The van der Waals surface area contributed by atoms with Gasteiger partial charge in [0.1, 0.15) is 16.9 Å². The van der Waals surface area contributed by atoms with Crippen LogP contribution in [0.25, 0.3) is 11.4 Å². The summed E-state index contributed by atoms with van der Waals surface area (Å²) in [6, 6.07) is 20.1. The Hall–Kier alpha value is -3.48. The van der Waals surface area contributed by atoms with E-state index in [9.17, 15) is 9.18 Å². The number of carbonyl (C=O) groups excluding carboxylic acids is 1. The Morgan fingerprint density at radius 3 is 2.70 bits per heavy atom. The van der Waals surface area contributed by atoms with Gasteiger partial charge in [-0.2, -0.15) is 5.26 Å². The van der Waals surface area contributed by atoms with Gasteiger partial charge in [-0.15, -0.1) is 21.5 Å². The van der Waals surface area contributed by atoms with Gasteiger partial charge < -0.3 is 9.88 Å². The van der Waals surface area contributed by atoms with Gasteiger partial charge in [0, 0.05) is 6.54 Å². The SMILES string of the molecule is C[C@H](Sc1nnc(-c2ccccc2F)n1CCc1ccccc1)C(=O)Nc1sccc1C#N. The Balaban J connectivity index is 1.58. The average molecular weight is 478 g/mol. The Morgan fingerprint density at radius 1 is 1.18 bits per heavy atom. The number of aromatic nitrogens is 3. The van der Waals surface area contributed by atoms with E-state index in [0.29, 0.717) is 40.1 Å². The standard InChI is InChI=1S/C24H20FN5OS2/c1-16(22(31)27-23-18(15-26)12-14-32-23)33-24-29-28-21(19-9-5-6-10-20(19)25)30(24)13-11-17-7-3-2-4-8-17/h2-10,12,14,16H,11,13H2,1H3,(H,27,31)/t16-/m0/s1. The Bertz CT molecular complexity index is 1300. The van der Waals surface area contributed by atoms with Gasteiger partial charge in [0.2, 0.25) is 5.91 Å². The van der Waals surface area contributed by atoms with E-state index < -0.39 is 5.25 Å². The molecule has 2 heterocycles. The van der Waals surface area contributed by atoms with Crippen LogP contribution in [-0.4, -0.2) is 25.9 Å². The molecule has 2 aromatic heterocycles. The van der Waals surface area contributed by atoms with Gasteiger partial charge >= 0.3 is 0 Å². The quantitative estimate of drug-likeness (QED) is 0.345. The van der Waals surface area contributed by atoms with E-state index >= 15 is 0 Å². The zero-order chi connectivity index (χ0) is 23.2. The minimum Gasteiger partial charge on any atom is -0.316 e. The molecule has 0 aliphatic heterocycles. The molecule has 33 heavy (non-hydrogen) atoms. The molecule has 6 nitrogen and oxygen atoms in total. The lowest BCUT2D eigenvalue weighted by Crippen LogP contribution is -2.23. The molecule has 0 spiro atoms. The van der Waals surface area contributed by atoms with Crippen molar-refractivity contribution in [3.63, 3.8) is 0 Å². The summed E-state index contributed by atoms with van der Waals surface area (Å²) in [5.74, 6) is -0.205. The van der Waals surface area contributed by atoms with E-state index in [1.54, 1.807) is 36.6 Å².